The molecule has 6 heteroatoms. The van der Waals surface area contributed by atoms with Crippen LogP contribution in [0.25, 0.3) is 28.2 Å². The predicted octanol–water partition coefficient (Wildman–Crippen LogP) is 8.38. The molecule has 0 radical (unpaired) electrons. The van der Waals surface area contributed by atoms with Gasteiger partial charge in [-0.05, 0) is 37.1 Å². The summed E-state index contributed by atoms with van der Waals surface area (Å²) in [5.41, 5.74) is 5.25. The molecule has 0 spiro atoms. The highest BCUT2D eigenvalue weighted by Crippen LogP contribution is 2.38. The van der Waals surface area contributed by atoms with Crippen LogP contribution in [0.15, 0.2) is 90.1 Å². The first-order chi connectivity index (χ1) is 17.1. The Bertz CT molecular complexity index is 1230. The zero-order valence-corrected chi connectivity index (χ0v) is 21.1. The third-order valence-corrected chi connectivity index (χ3v) is 7.07. The highest BCUT2D eigenvalue weighted by atomic mass is 35.5. The van der Waals surface area contributed by atoms with Gasteiger partial charge in [0.2, 0.25) is 0 Å². The Morgan fingerprint density at radius 3 is 2.06 bits per heavy atom. The molecule has 0 aliphatic carbocycles. The van der Waals surface area contributed by atoms with Crippen LogP contribution in [-0.4, -0.2) is 26.4 Å². The van der Waals surface area contributed by atoms with Gasteiger partial charge in [-0.1, -0.05) is 103 Å². The summed E-state index contributed by atoms with van der Waals surface area (Å²) < 4.78 is 2.24. The standard InChI is InChI=1S/C29H29ClN2O2S/c30-24-17-19-25(20-18-24)32-28(23-14-8-5-9-15-23)27(22-12-6-4-7-13-22)31-29(32)35-21-11-3-1-2-10-16-26(33)34/h4-9,12-15,17-20H,1-3,10-11,16,21H2,(H,33,34). The van der Waals surface area contributed by atoms with Gasteiger partial charge in [0.05, 0.1) is 11.4 Å². The average molecular weight is 505 g/mol. The van der Waals surface area contributed by atoms with Crippen molar-refractivity contribution in [2.45, 2.75) is 43.7 Å². The van der Waals surface area contributed by atoms with Crippen molar-refractivity contribution in [3.05, 3.63) is 90.0 Å². The van der Waals surface area contributed by atoms with E-state index in [4.69, 9.17) is 21.7 Å². The normalized spacial score (nSPS) is 11.0. The Kier molecular flexibility index (Phi) is 9.04. The van der Waals surface area contributed by atoms with E-state index in [2.05, 4.69) is 41.0 Å². The van der Waals surface area contributed by atoms with E-state index < -0.39 is 5.97 Å². The minimum Gasteiger partial charge on any atom is -0.481 e. The van der Waals surface area contributed by atoms with Crippen molar-refractivity contribution in [3.8, 4) is 28.2 Å². The molecule has 1 N–H and O–H groups in total. The number of unbranched alkanes of at least 4 members (excludes halogenated alkanes) is 4. The molecule has 0 aliphatic heterocycles. The van der Waals surface area contributed by atoms with Crippen LogP contribution in [0.5, 0.6) is 0 Å². The predicted molar refractivity (Wildman–Crippen MR) is 146 cm³/mol. The van der Waals surface area contributed by atoms with Crippen LogP contribution < -0.4 is 0 Å². The number of rotatable bonds is 12. The summed E-state index contributed by atoms with van der Waals surface area (Å²) in [7, 11) is 0. The number of imidazole rings is 1. The first-order valence-corrected chi connectivity index (χ1v) is 13.3. The lowest BCUT2D eigenvalue weighted by Gasteiger charge is -2.13. The first kappa shape index (κ1) is 25.1. The molecule has 35 heavy (non-hydrogen) atoms. The number of thioether (sulfide) groups is 1. The van der Waals surface area contributed by atoms with E-state index in [1.54, 1.807) is 11.8 Å². The van der Waals surface area contributed by atoms with Gasteiger partial charge < -0.3 is 5.11 Å². The Hall–Kier alpha value is -3.02. The molecule has 1 aromatic heterocycles. The lowest BCUT2D eigenvalue weighted by Crippen LogP contribution is -2.00. The molecule has 0 bridgehead atoms. The number of nitrogens with zero attached hydrogens (tertiary/aromatic N) is 2. The average Bonchev–Trinajstić information content (AvgIpc) is 3.26. The Balaban J connectivity index is 1.63. The maximum absolute atomic E-state index is 10.7. The first-order valence-electron chi connectivity index (χ1n) is 12.0. The molecule has 1 heterocycles. The number of benzene rings is 3. The number of carbonyl (C=O) groups is 1. The van der Waals surface area contributed by atoms with Crippen molar-refractivity contribution < 1.29 is 9.90 Å². The van der Waals surface area contributed by atoms with Crippen molar-refractivity contribution in [2.75, 3.05) is 5.75 Å². The Morgan fingerprint density at radius 1 is 0.800 bits per heavy atom. The van der Waals surface area contributed by atoms with Crippen LogP contribution in [0.1, 0.15) is 38.5 Å². The Morgan fingerprint density at radius 2 is 1.40 bits per heavy atom. The lowest BCUT2D eigenvalue weighted by molar-refractivity contribution is -0.137. The summed E-state index contributed by atoms with van der Waals surface area (Å²) in [6, 6.07) is 28.6. The van der Waals surface area contributed by atoms with E-state index >= 15 is 0 Å². The third-order valence-electron chi connectivity index (χ3n) is 5.79. The summed E-state index contributed by atoms with van der Waals surface area (Å²) in [5, 5.41) is 10.4. The van der Waals surface area contributed by atoms with Crippen molar-refractivity contribution in [1.82, 2.24) is 9.55 Å². The number of aromatic nitrogens is 2. The van der Waals surface area contributed by atoms with E-state index in [1.807, 2.05) is 48.5 Å². The molecule has 0 amide bonds. The van der Waals surface area contributed by atoms with Crippen molar-refractivity contribution in [2.24, 2.45) is 0 Å². The smallest absolute Gasteiger partial charge is 0.303 e. The van der Waals surface area contributed by atoms with Crippen molar-refractivity contribution in [1.29, 1.82) is 0 Å². The summed E-state index contributed by atoms with van der Waals surface area (Å²) in [6.07, 6.45) is 5.19. The van der Waals surface area contributed by atoms with E-state index in [0.717, 1.165) is 71.2 Å². The molecule has 0 saturated heterocycles. The second-order valence-electron chi connectivity index (χ2n) is 8.40. The molecule has 4 aromatic rings. The zero-order chi connectivity index (χ0) is 24.5. The van der Waals surface area contributed by atoms with Gasteiger partial charge in [-0.15, -0.1) is 0 Å². The van der Waals surface area contributed by atoms with Crippen molar-refractivity contribution in [3.63, 3.8) is 0 Å². The highest BCUT2D eigenvalue weighted by Gasteiger charge is 2.21. The van der Waals surface area contributed by atoms with Gasteiger partial charge in [-0.3, -0.25) is 9.36 Å². The lowest BCUT2D eigenvalue weighted by atomic mass is 10.0. The minimum absolute atomic E-state index is 0.262. The topological polar surface area (TPSA) is 55.1 Å². The zero-order valence-electron chi connectivity index (χ0n) is 19.6. The number of carboxylic acid groups (broad SMARTS) is 1. The molecule has 0 saturated carbocycles. The van der Waals surface area contributed by atoms with Crippen LogP contribution in [0.4, 0.5) is 0 Å². The summed E-state index contributed by atoms with van der Waals surface area (Å²) in [5.74, 6) is 0.240. The number of halogens is 1. The maximum Gasteiger partial charge on any atom is 0.303 e. The number of hydrogen-bond donors (Lipinski definition) is 1. The Labute approximate surface area is 216 Å². The fraction of sp³-hybridized carbons (Fsp3) is 0.241. The molecule has 180 valence electrons. The SMILES string of the molecule is O=C(O)CCCCCCCSc1nc(-c2ccccc2)c(-c2ccccc2)n1-c1ccc(Cl)cc1. The number of aliphatic carboxylic acids is 1. The molecule has 4 rings (SSSR count). The molecule has 3 aromatic carbocycles. The van der Waals surface area contributed by atoms with Gasteiger partial charge >= 0.3 is 5.97 Å². The fourth-order valence-electron chi connectivity index (χ4n) is 4.06. The highest BCUT2D eigenvalue weighted by molar-refractivity contribution is 7.99. The largest absolute Gasteiger partial charge is 0.481 e. The monoisotopic (exact) mass is 504 g/mol. The van der Waals surface area contributed by atoms with Crippen molar-refractivity contribution >= 4 is 29.3 Å². The fourth-order valence-corrected chi connectivity index (χ4v) is 5.20. The second-order valence-corrected chi connectivity index (χ2v) is 9.89. The molecule has 0 fully saturated rings. The second kappa shape index (κ2) is 12.6. The molecular weight excluding hydrogens is 476 g/mol. The molecule has 4 nitrogen and oxygen atoms in total. The van der Waals surface area contributed by atoms with Crippen LogP contribution in [0, 0.1) is 0 Å². The van der Waals surface area contributed by atoms with Crippen LogP contribution in [-0.2, 0) is 4.79 Å². The van der Waals surface area contributed by atoms with Gasteiger partial charge in [0, 0.05) is 34.0 Å². The molecular formula is C29H29ClN2O2S. The minimum atomic E-state index is -0.710. The van der Waals surface area contributed by atoms with E-state index in [0.29, 0.717) is 5.02 Å². The summed E-state index contributed by atoms with van der Waals surface area (Å²) in [4.78, 5) is 15.8. The summed E-state index contributed by atoms with van der Waals surface area (Å²) >= 11 is 7.97. The van der Waals surface area contributed by atoms with Gasteiger partial charge in [-0.2, -0.15) is 0 Å². The third kappa shape index (κ3) is 6.77. The van der Waals surface area contributed by atoms with Gasteiger partial charge in [0.25, 0.3) is 0 Å². The van der Waals surface area contributed by atoms with E-state index in [9.17, 15) is 4.79 Å². The van der Waals surface area contributed by atoms with Crippen LogP contribution >= 0.6 is 23.4 Å². The van der Waals surface area contributed by atoms with Crippen LogP contribution in [0.2, 0.25) is 5.02 Å². The number of carboxylic acids is 1. The molecule has 0 aliphatic rings. The maximum atomic E-state index is 10.7. The van der Waals surface area contributed by atoms with Crippen LogP contribution in [0.3, 0.4) is 0 Å². The molecule has 0 unspecified atom stereocenters. The van der Waals surface area contributed by atoms with E-state index in [1.165, 1.54) is 0 Å². The van der Waals surface area contributed by atoms with Gasteiger partial charge in [-0.25, -0.2) is 4.98 Å². The van der Waals surface area contributed by atoms with Gasteiger partial charge in [0.1, 0.15) is 0 Å². The number of hydrogen-bond acceptors (Lipinski definition) is 3. The molecule has 0 atom stereocenters. The van der Waals surface area contributed by atoms with E-state index in [-0.39, 0.29) is 6.42 Å². The quantitative estimate of drug-likeness (QED) is 0.155. The van der Waals surface area contributed by atoms with Gasteiger partial charge in [0.15, 0.2) is 5.16 Å². The summed E-state index contributed by atoms with van der Waals surface area (Å²) in [6.45, 7) is 0.